The number of amides is 1. The maximum Gasteiger partial charge on any atom is 0.289 e. The number of thioether (sulfide) groups is 1. The standard InChI is InChI=1S/C16H23NO4S/c1-22-11-12-4-5-13(21-12)15(19)17-8-6-16(7-9-17)14(18)3-2-10-20-16/h4-5,14,18H,2-3,6-11H2,1H3. The van der Waals surface area contributed by atoms with E-state index >= 15 is 0 Å². The van der Waals surface area contributed by atoms with Crippen LogP contribution in [0, 0.1) is 0 Å². The minimum atomic E-state index is -0.442. The van der Waals surface area contributed by atoms with Crippen LogP contribution in [0.15, 0.2) is 16.5 Å². The van der Waals surface area contributed by atoms with Crippen molar-refractivity contribution in [2.45, 2.75) is 43.1 Å². The van der Waals surface area contributed by atoms with E-state index in [1.165, 1.54) is 0 Å². The van der Waals surface area contributed by atoms with Crippen molar-refractivity contribution >= 4 is 17.7 Å². The zero-order valence-corrected chi connectivity index (χ0v) is 13.7. The lowest BCUT2D eigenvalue weighted by Gasteiger charge is -2.46. The van der Waals surface area contributed by atoms with E-state index < -0.39 is 11.7 Å². The molecule has 0 radical (unpaired) electrons. The van der Waals surface area contributed by atoms with Gasteiger partial charge in [0.2, 0.25) is 0 Å². The molecule has 3 heterocycles. The molecule has 1 atom stereocenters. The summed E-state index contributed by atoms with van der Waals surface area (Å²) in [6.07, 6.45) is 4.69. The third kappa shape index (κ3) is 3.05. The monoisotopic (exact) mass is 325 g/mol. The number of hydrogen-bond acceptors (Lipinski definition) is 5. The Morgan fingerprint density at radius 2 is 2.23 bits per heavy atom. The zero-order valence-electron chi connectivity index (χ0n) is 12.9. The van der Waals surface area contributed by atoms with Crippen LogP contribution in [0.1, 0.15) is 42.0 Å². The number of aliphatic hydroxyl groups excluding tert-OH is 1. The fourth-order valence-corrected chi connectivity index (χ4v) is 3.79. The number of furan rings is 1. The molecule has 1 aromatic heterocycles. The van der Waals surface area contributed by atoms with E-state index in [-0.39, 0.29) is 5.91 Å². The Labute approximate surface area is 135 Å². The highest BCUT2D eigenvalue weighted by Crippen LogP contribution is 2.35. The van der Waals surface area contributed by atoms with Gasteiger partial charge in [-0.2, -0.15) is 11.8 Å². The number of likely N-dealkylation sites (tertiary alicyclic amines) is 1. The zero-order chi connectivity index (χ0) is 15.6. The molecular formula is C16H23NO4S. The Bertz CT molecular complexity index is 522. The first-order chi connectivity index (χ1) is 10.6. The number of rotatable bonds is 3. The van der Waals surface area contributed by atoms with Crippen molar-refractivity contribution in [3.63, 3.8) is 0 Å². The molecule has 5 nitrogen and oxygen atoms in total. The molecule has 1 aromatic rings. The summed E-state index contributed by atoms with van der Waals surface area (Å²) in [4.78, 5) is 14.3. The number of ether oxygens (including phenoxy) is 1. The van der Waals surface area contributed by atoms with Gasteiger partial charge in [0.1, 0.15) is 5.76 Å². The summed E-state index contributed by atoms with van der Waals surface area (Å²) in [6, 6.07) is 3.62. The highest BCUT2D eigenvalue weighted by atomic mass is 32.2. The normalized spacial score (nSPS) is 24.6. The van der Waals surface area contributed by atoms with Gasteiger partial charge in [0.05, 0.1) is 17.5 Å². The SMILES string of the molecule is CSCc1ccc(C(=O)N2CCC3(CC2)OCCCC3O)o1. The van der Waals surface area contributed by atoms with Crippen LogP contribution in [-0.4, -0.2) is 53.6 Å². The van der Waals surface area contributed by atoms with Crippen molar-refractivity contribution in [1.82, 2.24) is 4.90 Å². The van der Waals surface area contributed by atoms with Crippen LogP contribution < -0.4 is 0 Å². The van der Waals surface area contributed by atoms with Gasteiger partial charge in [-0.1, -0.05) is 0 Å². The second-order valence-electron chi connectivity index (χ2n) is 6.06. The number of nitrogens with zero attached hydrogens (tertiary/aromatic N) is 1. The molecule has 1 amide bonds. The van der Waals surface area contributed by atoms with E-state index in [0.29, 0.717) is 38.3 Å². The lowest BCUT2D eigenvalue weighted by molar-refractivity contribution is -0.174. The Hall–Kier alpha value is -0.980. The van der Waals surface area contributed by atoms with Crippen LogP contribution in [0.2, 0.25) is 0 Å². The van der Waals surface area contributed by atoms with E-state index in [2.05, 4.69) is 0 Å². The predicted molar refractivity (Wildman–Crippen MR) is 85.0 cm³/mol. The first-order valence-electron chi connectivity index (χ1n) is 7.83. The van der Waals surface area contributed by atoms with Crippen molar-refractivity contribution in [3.8, 4) is 0 Å². The summed E-state index contributed by atoms with van der Waals surface area (Å²) in [5.74, 6) is 1.95. The molecule has 1 N–H and O–H groups in total. The summed E-state index contributed by atoms with van der Waals surface area (Å²) in [6.45, 7) is 1.92. The highest BCUT2D eigenvalue weighted by molar-refractivity contribution is 7.97. The molecule has 122 valence electrons. The number of aliphatic hydroxyl groups is 1. The topological polar surface area (TPSA) is 62.9 Å². The van der Waals surface area contributed by atoms with Gasteiger partial charge in [0.15, 0.2) is 5.76 Å². The molecule has 0 aliphatic carbocycles. The smallest absolute Gasteiger partial charge is 0.289 e. The van der Waals surface area contributed by atoms with Crippen LogP contribution in [0.4, 0.5) is 0 Å². The lowest BCUT2D eigenvalue weighted by atomic mass is 9.82. The van der Waals surface area contributed by atoms with E-state index in [1.54, 1.807) is 22.7 Å². The van der Waals surface area contributed by atoms with Gasteiger partial charge in [-0.3, -0.25) is 4.79 Å². The molecule has 2 fully saturated rings. The number of hydrogen-bond donors (Lipinski definition) is 1. The Balaban J connectivity index is 1.61. The molecule has 3 rings (SSSR count). The lowest BCUT2D eigenvalue weighted by Crippen LogP contribution is -2.56. The first-order valence-corrected chi connectivity index (χ1v) is 9.23. The van der Waals surface area contributed by atoms with E-state index in [0.717, 1.165) is 24.4 Å². The fourth-order valence-electron chi connectivity index (χ4n) is 3.35. The van der Waals surface area contributed by atoms with Gasteiger partial charge in [-0.15, -0.1) is 0 Å². The first kappa shape index (κ1) is 15.9. The highest BCUT2D eigenvalue weighted by Gasteiger charge is 2.44. The molecule has 2 aliphatic heterocycles. The second-order valence-corrected chi connectivity index (χ2v) is 6.93. The molecule has 1 unspecified atom stereocenters. The fraction of sp³-hybridized carbons (Fsp3) is 0.688. The average molecular weight is 325 g/mol. The average Bonchev–Trinajstić information content (AvgIpc) is 3.00. The van der Waals surface area contributed by atoms with Crippen LogP contribution in [0.3, 0.4) is 0 Å². The molecular weight excluding hydrogens is 302 g/mol. The predicted octanol–water partition coefficient (Wildman–Crippen LogP) is 2.29. The van der Waals surface area contributed by atoms with Gasteiger partial charge < -0.3 is 19.2 Å². The Kier molecular flexibility index (Phi) is 4.80. The summed E-state index contributed by atoms with van der Waals surface area (Å²) in [5.41, 5.74) is -0.442. The molecule has 22 heavy (non-hydrogen) atoms. The van der Waals surface area contributed by atoms with Crippen LogP contribution in [-0.2, 0) is 10.5 Å². The van der Waals surface area contributed by atoms with Gasteiger partial charge in [-0.25, -0.2) is 0 Å². The molecule has 6 heteroatoms. The minimum Gasteiger partial charge on any atom is -0.455 e. The van der Waals surface area contributed by atoms with E-state index in [9.17, 15) is 9.90 Å². The van der Waals surface area contributed by atoms with Gasteiger partial charge in [0.25, 0.3) is 5.91 Å². The summed E-state index contributed by atoms with van der Waals surface area (Å²) >= 11 is 1.67. The number of carbonyl (C=O) groups excluding carboxylic acids is 1. The maximum absolute atomic E-state index is 12.5. The largest absolute Gasteiger partial charge is 0.455 e. The van der Waals surface area contributed by atoms with Crippen LogP contribution >= 0.6 is 11.8 Å². The van der Waals surface area contributed by atoms with Crippen molar-refractivity contribution in [2.75, 3.05) is 26.0 Å². The third-order valence-electron chi connectivity index (χ3n) is 4.67. The quantitative estimate of drug-likeness (QED) is 0.924. The van der Waals surface area contributed by atoms with Crippen molar-refractivity contribution in [3.05, 3.63) is 23.7 Å². The molecule has 1 spiro atoms. The summed E-state index contributed by atoms with van der Waals surface area (Å²) in [5, 5.41) is 10.2. The van der Waals surface area contributed by atoms with Gasteiger partial charge >= 0.3 is 0 Å². The molecule has 0 bridgehead atoms. The number of piperidine rings is 1. The van der Waals surface area contributed by atoms with E-state index in [4.69, 9.17) is 9.15 Å². The minimum absolute atomic E-state index is 0.0625. The van der Waals surface area contributed by atoms with Crippen molar-refractivity contribution in [1.29, 1.82) is 0 Å². The molecule has 2 saturated heterocycles. The van der Waals surface area contributed by atoms with Crippen LogP contribution in [0.25, 0.3) is 0 Å². The summed E-state index contributed by atoms with van der Waals surface area (Å²) < 4.78 is 11.5. The Morgan fingerprint density at radius 3 is 2.91 bits per heavy atom. The van der Waals surface area contributed by atoms with Crippen molar-refractivity contribution < 1.29 is 19.1 Å². The maximum atomic E-state index is 12.5. The summed E-state index contributed by atoms with van der Waals surface area (Å²) in [7, 11) is 0. The molecule has 0 saturated carbocycles. The van der Waals surface area contributed by atoms with Crippen LogP contribution in [0.5, 0.6) is 0 Å². The number of carbonyl (C=O) groups is 1. The Morgan fingerprint density at radius 1 is 1.45 bits per heavy atom. The van der Waals surface area contributed by atoms with E-state index in [1.807, 2.05) is 12.3 Å². The van der Waals surface area contributed by atoms with Gasteiger partial charge in [-0.05, 0) is 44.1 Å². The molecule has 0 aromatic carbocycles. The van der Waals surface area contributed by atoms with Crippen molar-refractivity contribution in [2.24, 2.45) is 0 Å². The third-order valence-corrected chi connectivity index (χ3v) is 5.25. The molecule has 2 aliphatic rings. The second kappa shape index (κ2) is 6.64. The van der Waals surface area contributed by atoms with Gasteiger partial charge in [0, 0.05) is 19.7 Å².